The Balaban J connectivity index is 1.62. The maximum atomic E-state index is 13.5. The van der Waals surface area contributed by atoms with E-state index in [1.54, 1.807) is 22.6 Å². The van der Waals surface area contributed by atoms with Crippen LogP contribution in [0.3, 0.4) is 0 Å². The van der Waals surface area contributed by atoms with Gasteiger partial charge in [0.25, 0.3) is 0 Å². The number of rotatable bonds is 8. The highest BCUT2D eigenvalue weighted by Gasteiger charge is 2.32. The van der Waals surface area contributed by atoms with Crippen molar-refractivity contribution < 1.29 is 18.3 Å². The van der Waals surface area contributed by atoms with Gasteiger partial charge in [0, 0.05) is 13.1 Å². The van der Waals surface area contributed by atoms with Crippen molar-refractivity contribution in [3.8, 4) is 0 Å². The van der Waals surface area contributed by atoms with Gasteiger partial charge in [-0.1, -0.05) is 43.3 Å². The van der Waals surface area contributed by atoms with E-state index in [-0.39, 0.29) is 24.8 Å². The van der Waals surface area contributed by atoms with Crippen LogP contribution in [0.5, 0.6) is 0 Å². The van der Waals surface area contributed by atoms with Crippen LogP contribution >= 0.6 is 0 Å². The Kier molecular flexibility index (Phi) is 7.13. The number of nitrogens with zero attached hydrogens (tertiary/aromatic N) is 3. The molecule has 34 heavy (non-hydrogen) atoms. The van der Waals surface area contributed by atoms with Gasteiger partial charge in [-0.05, 0) is 66.3 Å². The zero-order valence-electron chi connectivity index (χ0n) is 19.4. The highest BCUT2D eigenvalue weighted by Crippen LogP contribution is 2.31. The topological polar surface area (TPSA) is 116 Å². The SMILES string of the molecule is Cc1ccc(C(CCc2cn[nH]n2)CC(=O)O)cc1CN1C[C@@H](C)Cc2ccccc2S1(=O)=O. The third-order valence-electron chi connectivity index (χ3n) is 6.50. The summed E-state index contributed by atoms with van der Waals surface area (Å²) in [6, 6.07) is 13.1. The molecule has 0 amide bonds. The molecule has 1 unspecified atom stereocenters. The van der Waals surface area contributed by atoms with Crippen LogP contribution < -0.4 is 0 Å². The van der Waals surface area contributed by atoms with Gasteiger partial charge < -0.3 is 5.11 Å². The van der Waals surface area contributed by atoms with Crippen molar-refractivity contribution in [2.45, 2.75) is 56.9 Å². The number of aryl methyl sites for hydroxylation is 2. The summed E-state index contributed by atoms with van der Waals surface area (Å²) in [6.45, 7) is 4.72. The van der Waals surface area contributed by atoms with Gasteiger partial charge in [-0.3, -0.25) is 4.79 Å². The Morgan fingerprint density at radius 3 is 2.79 bits per heavy atom. The van der Waals surface area contributed by atoms with Gasteiger partial charge in [-0.2, -0.15) is 19.7 Å². The second-order valence-corrected chi connectivity index (χ2v) is 11.1. The highest BCUT2D eigenvalue weighted by atomic mass is 32.2. The summed E-state index contributed by atoms with van der Waals surface area (Å²) < 4.78 is 28.6. The smallest absolute Gasteiger partial charge is 0.303 e. The van der Waals surface area contributed by atoms with Gasteiger partial charge in [0.1, 0.15) is 0 Å². The zero-order chi connectivity index (χ0) is 24.3. The van der Waals surface area contributed by atoms with E-state index in [2.05, 4.69) is 22.3 Å². The normalized spacial score (nSPS) is 18.7. The lowest BCUT2D eigenvalue weighted by atomic mass is 9.88. The number of aromatic amines is 1. The summed E-state index contributed by atoms with van der Waals surface area (Å²) in [5.41, 5.74) is 4.41. The fourth-order valence-electron chi connectivity index (χ4n) is 4.67. The maximum Gasteiger partial charge on any atom is 0.303 e. The molecule has 0 saturated carbocycles. The maximum absolute atomic E-state index is 13.5. The number of H-pyrrole nitrogens is 1. The van der Waals surface area contributed by atoms with Gasteiger partial charge in [0.2, 0.25) is 10.0 Å². The molecule has 2 aromatic carbocycles. The van der Waals surface area contributed by atoms with Crippen molar-refractivity contribution in [3.63, 3.8) is 0 Å². The number of sulfonamides is 1. The number of aliphatic carboxylic acids is 1. The summed E-state index contributed by atoms with van der Waals surface area (Å²) in [5, 5.41) is 19.9. The number of carboxylic acids is 1. The third-order valence-corrected chi connectivity index (χ3v) is 8.41. The Hall–Kier alpha value is -3.04. The number of aromatic nitrogens is 3. The summed E-state index contributed by atoms with van der Waals surface area (Å²) in [7, 11) is -3.64. The zero-order valence-corrected chi connectivity index (χ0v) is 20.3. The Morgan fingerprint density at radius 1 is 1.26 bits per heavy atom. The fraction of sp³-hybridized carbons (Fsp3) is 0.400. The Morgan fingerprint density at radius 2 is 2.06 bits per heavy atom. The van der Waals surface area contributed by atoms with Crippen LogP contribution in [0.15, 0.2) is 53.6 Å². The van der Waals surface area contributed by atoms with Crippen molar-refractivity contribution in [2.24, 2.45) is 5.92 Å². The van der Waals surface area contributed by atoms with Gasteiger partial charge in [0.05, 0.1) is 23.2 Å². The predicted molar refractivity (Wildman–Crippen MR) is 128 cm³/mol. The van der Waals surface area contributed by atoms with Crippen molar-refractivity contribution in [1.29, 1.82) is 0 Å². The first-order chi connectivity index (χ1) is 16.2. The van der Waals surface area contributed by atoms with Gasteiger partial charge in [-0.15, -0.1) is 0 Å². The van der Waals surface area contributed by atoms with Crippen LogP contribution in [0.1, 0.15) is 53.6 Å². The summed E-state index contributed by atoms with van der Waals surface area (Å²) >= 11 is 0. The number of benzene rings is 2. The average molecular weight is 483 g/mol. The second-order valence-electron chi connectivity index (χ2n) is 9.20. The third kappa shape index (κ3) is 5.37. The van der Waals surface area contributed by atoms with Crippen LogP contribution in [0.2, 0.25) is 0 Å². The summed E-state index contributed by atoms with van der Waals surface area (Å²) in [4.78, 5) is 11.9. The fourth-order valence-corrected chi connectivity index (χ4v) is 6.44. The number of fused-ring (bicyclic) bond motifs is 1. The summed E-state index contributed by atoms with van der Waals surface area (Å²) in [6.07, 6.45) is 3.56. The van der Waals surface area contributed by atoms with Crippen LogP contribution in [0.25, 0.3) is 0 Å². The highest BCUT2D eigenvalue weighted by molar-refractivity contribution is 7.89. The molecule has 4 rings (SSSR count). The largest absolute Gasteiger partial charge is 0.481 e. The number of hydrogen-bond acceptors (Lipinski definition) is 5. The first kappa shape index (κ1) is 24.1. The molecule has 1 aliphatic heterocycles. The molecular formula is C25H30N4O4S. The average Bonchev–Trinajstić information content (AvgIpc) is 3.28. The lowest BCUT2D eigenvalue weighted by Crippen LogP contribution is -2.33. The standard InChI is InChI=1S/C25H30N4O4S/c1-17-11-21-5-3-4-6-24(21)34(32,33)29(15-17)16-22-12-19(8-7-18(22)2)20(13-25(30)31)9-10-23-14-26-28-27-23/h3-8,12,14,17,20H,9-11,13,15-16H2,1-2H3,(H,30,31)(H,26,27,28)/t17-,20?/m0/s1. The Bertz CT molecular complexity index is 1260. The molecule has 9 heteroatoms. The van der Waals surface area contributed by atoms with E-state index < -0.39 is 16.0 Å². The van der Waals surface area contributed by atoms with E-state index in [0.717, 1.165) is 27.9 Å². The molecule has 1 aliphatic rings. The van der Waals surface area contributed by atoms with Crippen LogP contribution in [0.4, 0.5) is 0 Å². The molecule has 3 aromatic rings. The minimum atomic E-state index is -3.64. The molecule has 0 fully saturated rings. The molecule has 0 saturated heterocycles. The molecule has 180 valence electrons. The van der Waals surface area contributed by atoms with Crippen LogP contribution in [-0.4, -0.2) is 45.8 Å². The lowest BCUT2D eigenvalue weighted by molar-refractivity contribution is -0.137. The monoisotopic (exact) mass is 482 g/mol. The van der Waals surface area contributed by atoms with Crippen molar-refractivity contribution in [3.05, 3.63) is 76.6 Å². The molecule has 1 aromatic heterocycles. The van der Waals surface area contributed by atoms with Crippen molar-refractivity contribution in [2.75, 3.05) is 6.54 Å². The van der Waals surface area contributed by atoms with E-state index in [9.17, 15) is 18.3 Å². The van der Waals surface area contributed by atoms with Gasteiger partial charge in [0.15, 0.2) is 0 Å². The molecule has 0 spiro atoms. The first-order valence-electron chi connectivity index (χ1n) is 11.5. The summed E-state index contributed by atoms with van der Waals surface area (Å²) in [5.74, 6) is -0.897. The molecule has 0 bridgehead atoms. The number of nitrogens with one attached hydrogen (secondary N) is 1. The van der Waals surface area contributed by atoms with Gasteiger partial charge in [-0.25, -0.2) is 8.42 Å². The first-order valence-corrected chi connectivity index (χ1v) is 12.9. The number of carboxylic acid groups (broad SMARTS) is 1. The second kappa shape index (κ2) is 10.1. The number of hydrogen-bond donors (Lipinski definition) is 2. The van der Waals surface area contributed by atoms with Crippen LogP contribution in [-0.2, 0) is 34.2 Å². The van der Waals surface area contributed by atoms with E-state index in [1.165, 1.54) is 0 Å². The van der Waals surface area contributed by atoms with Gasteiger partial charge >= 0.3 is 5.97 Å². The molecule has 2 N–H and O–H groups in total. The lowest BCUT2D eigenvalue weighted by Gasteiger charge is -2.24. The minimum absolute atomic E-state index is 0.00717. The van der Waals surface area contributed by atoms with Crippen molar-refractivity contribution >= 4 is 16.0 Å². The van der Waals surface area contributed by atoms with E-state index >= 15 is 0 Å². The van der Waals surface area contributed by atoms with Crippen LogP contribution in [0, 0.1) is 12.8 Å². The molecular weight excluding hydrogens is 452 g/mol. The van der Waals surface area contributed by atoms with Crippen molar-refractivity contribution in [1.82, 2.24) is 19.7 Å². The predicted octanol–water partition coefficient (Wildman–Crippen LogP) is 3.69. The quantitative estimate of drug-likeness (QED) is 0.506. The molecule has 0 radical (unpaired) electrons. The molecule has 0 aliphatic carbocycles. The number of carbonyl (C=O) groups is 1. The van der Waals surface area contributed by atoms with E-state index in [0.29, 0.717) is 30.7 Å². The van der Waals surface area contributed by atoms with E-state index in [1.807, 2.05) is 37.3 Å². The molecule has 2 atom stereocenters. The van der Waals surface area contributed by atoms with E-state index in [4.69, 9.17) is 0 Å². The molecule has 8 nitrogen and oxygen atoms in total. The molecule has 2 heterocycles. The minimum Gasteiger partial charge on any atom is -0.481 e. The Labute approximate surface area is 200 Å².